The summed E-state index contributed by atoms with van der Waals surface area (Å²) in [5.41, 5.74) is 0.341. The molecule has 2 aromatic carbocycles. The fourth-order valence-corrected chi connectivity index (χ4v) is 4.58. The molecule has 2 aliphatic rings. The molecule has 9 heteroatoms. The molecular formula is C18H14N2O5S2. The Morgan fingerprint density at radius 2 is 1.74 bits per heavy atom. The number of aromatic nitrogens is 1. The number of nitrogens with one attached hydrogen (secondary N) is 1. The number of fused-ring (bicyclic) bond motifs is 3. The molecule has 0 saturated heterocycles. The van der Waals surface area contributed by atoms with E-state index >= 15 is 0 Å². The van der Waals surface area contributed by atoms with E-state index in [1.54, 1.807) is 0 Å². The molecule has 2 N–H and O–H groups in total. The van der Waals surface area contributed by atoms with E-state index in [9.17, 15) is 22.6 Å². The molecule has 0 fully saturated rings. The molecule has 0 radical (unpaired) electrons. The Labute approximate surface area is 156 Å². The Bertz CT molecular complexity index is 1520. The van der Waals surface area contributed by atoms with Gasteiger partial charge in [0.1, 0.15) is 4.53 Å². The average molecular weight is 402 g/mol. The number of aromatic amines is 1. The number of H-pyrrole nitrogens is 1. The molecule has 0 atom stereocenters. The Morgan fingerprint density at radius 1 is 1.00 bits per heavy atom. The fourth-order valence-electron chi connectivity index (χ4n) is 2.99. The number of rotatable bonds is 2. The highest BCUT2D eigenvalue weighted by Crippen LogP contribution is 2.25. The Balaban J connectivity index is 2.25. The van der Waals surface area contributed by atoms with Gasteiger partial charge in [0.15, 0.2) is 0 Å². The predicted octanol–water partition coefficient (Wildman–Crippen LogP) is 2.14. The van der Waals surface area contributed by atoms with Gasteiger partial charge in [-0.3, -0.25) is 14.1 Å². The average Bonchev–Trinajstić information content (AvgIpc) is 2.63. The first-order valence-corrected chi connectivity index (χ1v) is 10.1. The maximum atomic E-state index is 12.6. The molecule has 2 aromatic rings. The zero-order valence-corrected chi connectivity index (χ0v) is 15.9. The molecule has 0 aromatic heterocycles. The van der Waals surface area contributed by atoms with Crippen LogP contribution in [0.25, 0.3) is 21.0 Å². The van der Waals surface area contributed by atoms with Crippen molar-refractivity contribution in [3.05, 3.63) is 66.7 Å². The highest BCUT2D eigenvalue weighted by Gasteiger charge is 2.15. The van der Waals surface area contributed by atoms with Crippen molar-refractivity contribution in [2.24, 2.45) is 0 Å². The molecule has 0 spiro atoms. The van der Waals surface area contributed by atoms with Crippen molar-refractivity contribution in [3.63, 3.8) is 0 Å². The third-order valence-corrected chi connectivity index (χ3v) is 6.40. The number of nitrogens with zero attached hydrogens (tertiary/aromatic N) is 1. The summed E-state index contributed by atoms with van der Waals surface area (Å²) in [5, 5.41) is 0.752. The standard InChI is InChI=1S/C18H14N2O5S2/c1-20(2)9-3-6-13-14(7-9)26-18-15(19-13)12-8-10(27(23,24)25)4-5-11(12)16(21)17(18)22/h3-8,19H,1-2H3,(H,23,24,25). The van der Waals surface area contributed by atoms with Crippen LogP contribution in [0.3, 0.4) is 0 Å². The highest BCUT2D eigenvalue weighted by atomic mass is 32.2. The van der Waals surface area contributed by atoms with Crippen LogP contribution < -0.4 is 15.8 Å². The molecule has 1 aliphatic heterocycles. The molecule has 1 aliphatic carbocycles. The van der Waals surface area contributed by atoms with Gasteiger partial charge in [-0.25, -0.2) is 0 Å². The highest BCUT2D eigenvalue weighted by molar-refractivity contribution is 7.85. The summed E-state index contributed by atoms with van der Waals surface area (Å²) in [6, 6.07) is 9.23. The smallest absolute Gasteiger partial charge is 0.294 e. The van der Waals surface area contributed by atoms with Crippen LogP contribution in [-0.4, -0.2) is 32.0 Å². The lowest BCUT2D eigenvalue weighted by Crippen LogP contribution is -2.25. The minimum Gasteiger partial charge on any atom is -0.378 e. The lowest BCUT2D eigenvalue weighted by Gasteiger charge is -2.13. The molecular weight excluding hydrogens is 388 g/mol. The largest absolute Gasteiger partial charge is 0.378 e. The summed E-state index contributed by atoms with van der Waals surface area (Å²) < 4.78 is 33.3. The fraction of sp³-hybridized carbons (Fsp3) is 0.111. The summed E-state index contributed by atoms with van der Waals surface area (Å²) in [7, 11) is -0.643. The van der Waals surface area contributed by atoms with Crippen LogP contribution in [0, 0.1) is 9.88 Å². The molecule has 0 unspecified atom stereocenters. The maximum Gasteiger partial charge on any atom is 0.294 e. The monoisotopic (exact) mass is 402 g/mol. The molecule has 27 heavy (non-hydrogen) atoms. The van der Waals surface area contributed by atoms with Crippen molar-refractivity contribution in [3.8, 4) is 0 Å². The molecule has 0 bridgehead atoms. The van der Waals surface area contributed by atoms with E-state index in [1.165, 1.54) is 23.5 Å². The normalized spacial score (nSPS) is 12.1. The van der Waals surface area contributed by atoms with Crippen LogP contribution >= 0.6 is 11.3 Å². The number of anilines is 1. The Kier molecular flexibility index (Phi) is 3.84. The molecule has 1 heterocycles. The Hall–Kier alpha value is -2.75. The van der Waals surface area contributed by atoms with Gasteiger partial charge in [0.05, 0.1) is 20.5 Å². The van der Waals surface area contributed by atoms with Gasteiger partial charge in [-0.15, -0.1) is 11.3 Å². The van der Waals surface area contributed by atoms with Crippen LogP contribution in [0.15, 0.2) is 50.9 Å². The summed E-state index contributed by atoms with van der Waals surface area (Å²) in [6.07, 6.45) is 0. The van der Waals surface area contributed by atoms with E-state index in [4.69, 9.17) is 0 Å². The summed E-state index contributed by atoms with van der Waals surface area (Å²) >= 11 is 1.17. The van der Waals surface area contributed by atoms with Gasteiger partial charge in [-0.05, 0) is 36.4 Å². The SMILES string of the molecule is CN(C)c1ccc2[nH]c3c4cc(S(=O)(=O)O)ccc4c(=O)c(=O)c=3sc2c1. The molecule has 138 valence electrons. The van der Waals surface area contributed by atoms with Gasteiger partial charge in [-0.1, -0.05) is 0 Å². The first-order chi connectivity index (χ1) is 12.7. The van der Waals surface area contributed by atoms with Crippen LogP contribution in [0.4, 0.5) is 5.69 Å². The van der Waals surface area contributed by atoms with Crippen molar-refractivity contribution in [2.75, 3.05) is 19.0 Å². The van der Waals surface area contributed by atoms with E-state index in [0.717, 1.165) is 22.0 Å². The second-order valence-corrected chi connectivity index (χ2v) is 8.82. The maximum absolute atomic E-state index is 12.6. The number of hydrogen-bond acceptors (Lipinski definition) is 6. The lowest BCUT2D eigenvalue weighted by molar-refractivity contribution is 0.483. The van der Waals surface area contributed by atoms with Crippen LogP contribution in [0.5, 0.6) is 0 Å². The number of benzene rings is 2. The van der Waals surface area contributed by atoms with Gasteiger partial charge in [0.25, 0.3) is 10.1 Å². The molecule has 7 nitrogen and oxygen atoms in total. The van der Waals surface area contributed by atoms with Gasteiger partial charge < -0.3 is 9.88 Å². The van der Waals surface area contributed by atoms with Crippen LogP contribution in [-0.2, 0) is 10.1 Å². The summed E-state index contributed by atoms with van der Waals surface area (Å²) in [5.74, 6) is 0. The van der Waals surface area contributed by atoms with E-state index < -0.39 is 21.0 Å². The van der Waals surface area contributed by atoms with Crippen LogP contribution in [0.1, 0.15) is 0 Å². The third kappa shape index (κ3) is 2.80. The van der Waals surface area contributed by atoms with Crippen LogP contribution in [0.2, 0.25) is 0 Å². The molecule has 0 saturated carbocycles. The second kappa shape index (κ2) is 5.88. The van der Waals surface area contributed by atoms with Crippen molar-refractivity contribution < 1.29 is 13.0 Å². The summed E-state index contributed by atoms with van der Waals surface area (Å²) in [4.78, 5) is 29.8. The first-order valence-electron chi connectivity index (χ1n) is 7.88. The van der Waals surface area contributed by atoms with Crippen molar-refractivity contribution in [1.82, 2.24) is 4.98 Å². The zero-order valence-electron chi connectivity index (χ0n) is 14.3. The number of hydrogen-bond donors (Lipinski definition) is 2. The van der Waals surface area contributed by atoms with E-state index in [0.29, 0.717) is 5.35 Å². The molecule has 4 rings (SSSR count). The minimum absolute atomic E-state index is 0.104. The van der Waals surface area contributed by atoms with Gasteiger partial charge >= 0.3 is 0 Å². The van der Waals surface area contributed by atoms with E-state index in [1.807, 2.05) is 37.2 Å². The first kappa shape index (κ1) is 17.7. The van der Waals surface area contributed by atoms with Gasteiger partial charge in [0, 0.05) is 30.6 Å². The van der Waals surface area contributed by atoms with Crippen molar-refractivity contribution in [2.45, 2.75) is 4.90 Å². The quantitative estimate of drug-likeness (QED) is 0.393. The van der Waals surface area contributed by atoms with E-state index in [-0.39, 0.29) is 20.2 Å². The predicted molar refractivity (Wildman–Crippen MR) is 106 cm³/mol. The minimum atomic E-state index is -4.44. The second-order valence-electron chi connectivity index (χ2n) is 6.35. The topological polar surface area (TPSA) is 108 Å². The summed E-state index contributed by atoms with van der Waals surface area (Å²) in [6.45, 7) is 0. The van der Waals surface area contributed by atoms with Crippen molar-refractivity contribution in [1.29, 1.82) is 0 Å². The third-order valence-electron chi connectivity index (χ3n) is 4.40. The Morgan fingerprint density at radius 3 is 2.41 bits per heavy atom. The van der Waals surface area contributed by atoms with Crippen molar-refractivity contribution >= 4 is 48.1 Å². The lowest BCUT2D eigenvalue weighted by atomic mass is 10.1. The van der Waals surface area contributed by atoms with Gasteiger partial charge in [0.2, 0.25) is 10.9 Å². The van der Waals surface area contributed by atoms with Gasteiger partial charge in [-0.2, -0.15) is 8.42 Å². The molecule has 0 amide bonds. The van der Waals surface area contributed by atoms with E-state index in [2.05, 4.69) is 4.98 Å². The zero-order chi connectivity index (χ0) is 19.5.